The van der Waals surface area contributed by atoms with Crippen LogP contribution in [0.15, 0.2) is 18.2 Å². The molecule has 0 amide bonds. The van der Waals surface area contributed by atoms with Crippen LogP contribution in [0.2, 0.25) is 0 Å². The molecule has 1 unspecified atom stereocenters. The Hall–Kier alpha value is -1.62. The predicted octanol–water partition coefficient (Wildman–Crippen LogP) is 3.11. The van der Waals surface area contributed by atoms with E-state index < -0.39 is 10.5 Å². The molecule has 0 radical (unpaired) electrons. The molecular formula is C14H22N2O3. The predicted molar refractivity (Wildman–Crippen MR) is 76.4 cm³/mol. The molecule has 0 saturated heterocycles. The average Bonchev–Trinajstić information content (AvgIpc) is 2.24. The molecular weight excluding hydrogens is 244 g/mol. The van der Waals surface area contributed by atoms with Gasteiger partial charge in [0.05, 0.1) is 10.5 Å². The lowest BCUT2D eigenvalue weighted by molar-refractivity contribution is -0.385. The highest BCUT2D eigenvalue weighted by Gasteiger charge is 2.21. The molecule has 1 aromatic rings. The molecule has 0 aliphatic carbocycles. The van der Waals surface area contributed by atoms with E-state index in [2.05, 4.69) is 19.2 Å². The van der Waals surface area contributed by atoms with Gasteiger partial charge in [-0.15, -0.1) is 0 Å². The standard InChI is InChI=1S/C14H22N2O3/c1-10(2)8-14(4,17)9-15-12-5-6-13(16(18)19)11(3)7-12/h5-7,10,15,17H,8-9H2,1-4H3. The Morgan fingerprint density at radius 2 is 2.11 bits per heavy atom. The van der Waals surface area contributed by atoms with Crippen LogP contribution in [0.25, 0.3) is 0 Å². The number of nitro groups is 1. The van der Waals surface area contributed by atoms with Gasteiger partial charge in [-0.05, 0) is 38.3 Å². The highest BCUT2D eigenvalue weighted by Crippen LogP contribution is 2.23. The van der Waals surface area contributed by atoms with Crippen LogP contribution in [0.4, 0.5) is 11.4 Å². The maximum atomic E-state index is 10.7. The summed E-state index contributed by atoms with van der Waals surface area (Å²) in [4.78, 5) is 10.3. The van der Waals surface area contributed by atoms with Gasteiger partial charge in [-0.3, -0.25) is 10.1 Å². The van der Waals surface area contributed by atoms with E-state index in [1.807, 2.05) is 0 Å². The van der Waals surface area contributed by atoms with E-state index >= 15 is 0 Å². The number of nitrogens with zero attached hydrogens (tertiary/aromatic N) is 1. The lowest BCUT2D eigenvalue weighted by atomic mass is 9.94. The zero-order valence-electron chi connectivity index (χ0n) is 11.9. The van der Waals surface area contributed by atoms with E-state index in [0.29, 0.717) is 24.4 Å². The fourth-order valence-electron chi connectivity index (χ4n) is 2.21. The Balaban J connectivity index is 2.69. The first-order valence-electron chi connectivity index (χ1n) is 6.42. The van der Waals surface area contributed by atoms with Crippen LogP contribution < -0.4 is 5.32 Å². The van der Waals surface area contributed by atoms with Crippen molar-refractivity contribution in [2.75, 3.05) is 11.9 Å². The highest BCUT2D eigenvalue weighted by molar-refractivity contribution is 5.53. The summed E-state index contributed by atoms with van der Waals surface area (Å²) < 4.78 is 0. The monoisotopic (exact) mass is 266 g/mol. The molecule has 2 N–H and O–H groups in total. The van der Waals surface area contributed by atoms with Gasteiger partial charge in [-0.2, -0.15) is 0 Å². The van der Waals surface area contributed by atoms with Crippen LogP contribution in [0.3, 0.4) is 0 Å². The zero-order chi connectivity index (χ0) is 14.6. The molecule has 106 valence electrons. The summed E-state index contributed by atoms with van der Waals surface area (Å²) >= 11 is 0. The van der Waals surface area contributed by atoms with Crippen molar-refractivity contribution in [2.45, 2.75) is 39.7 Å². The summed E-state index contributed by atoms with van der Waals surface area (Å²) in [6.07, 6.45) is 0.700. The first kappa shape index (κ1) is 15.4. The van der Waals surface area contributed by atoms with Gasteiger partial charge in [0, 0.05) is 23.9 Å². The van der Waals surface area contributed by atoms with Gasteiger partial charge in [-0.1, -0.05) is 13.8 Å². The van der Waals surface area contributed by atoms with Crippen molar-refractivity contribution in [3.8, 4) is 0 Å². The molecule has 1 rings (SSSR count). The largest absolute Gasteiger partial charge is 0.388 e. The summed E-state index contributed by atoms with van der Waals surface area (Å²) in [6, 6.07) is 4.87. The average molecular weight is 266 g/mol. The van der Waals surface area contributed by atoms with Crippen molar-refractivity contribution < 1.29 is 10.0 Å². The summed E-state index contributed by atoms with van der Waals surface area (Å²) in [7, 11) is 0. The molecule has 5 nitrogen and oxygen atoms in total. The van der Waals surface area contributed by atoms with Gasteiger partial charge in [0.25, 0.3) is 5.69 Å². The van der Waals surface area contributed by atoms with E-state index in [1.165, 1.54) is 6.07 Å². The third-order valence-corrected chi connectivity index (χ3v) is 2.91. The second kappa shape index (κ2) is 6.02. The summed E-state index contributed by atoms with van der Waals surface area (Å²) in [5.41, 5.74) is 0.717. The Morgan fingerprint density at radius 1 is 1.47 bits per heavy atom. The van der Waals surface area contributed by atoms with Crippen LogP contribution in [0.5, 0.6) is 0 Å². The van der Waals surface area contributed by atoms with E-state index in [0.717, 1.165) is 5.69 Å². The third kappa shape index (κ3) is 4.87. The smallest absolute Gasteiger partial charge is 0.272 e. The van der Waals surface area contributed by atoms with Gasteiger partial charge in [-0.25, -0.2) is 0 Å². The Bertz CT molecular complexity index is 456. The molecule has 5 heteroatoms. The Morgan fingerprint density at radius 3 is 2.58 bits per heavy atom. The van der Waals surface area contributed by atoms with Gasteiger partial charge in [0.1, 0.15) is 0 Å². The van der Waals surface area contributed by atoms with E-state index in [-0.39, 0.29) is 5.69 Å². The lowest BCUT2D eigenvalue weighted by Gasteiger charge is -2.26. The van der Waals surface area contributed by atoms with Crippen molar-refractivity contribution in [1.82, 2.24) is 0 Å². The topological polar surface area (TPSA) is 75.4 Å². The van der Waals surface area contributed by atoms with Crippen LogP contribution in [0.1, 0.15) is 32.8 Å². The van der Waals surface area contributed by atoms with Gasteiger partial charge < -0.3 is 10.4 Å². The molecule has 0 aromatic heterocycles. The summed E-state index contributed by atoms with van der Waals surface area (Å²) in [5.74, 6) is 0.412. The van der Waals surface area contributed by atoms with Crippen molar-refractivity contribution in [3.05, 3.63) is 33.9 Å². The third-order valence-electron chi connectivity index (χ3n) is 2.91. The van der Waals surface area contributed by atoms with Crippen LogP contribution in [0, 0.1) is 23.0 Å². The maximum Gasteiger partial charge on any atom is 0.272 e. The molecule has 1 aromatic carbocycles. The van der Waals surface area contributed by atoms with Crippen molar-refractivity contribution >= 4 is 11.4 Å². The molecule has 0 aliphatic rings. The number of hydrogen-bond acceptors (Lipinski definition) is 4. The van der Waals surface area contributed by atoms with Crippen molar-refractivity contribution in [3.63, 3.8) is 0 Å². The minimum absolute atomic E-state index is 0.111. The summed E-state index contributed by atoms with van der Waals surface area (Å²) in [6.45, 7) is 8.03. The first-order chi connectivity index (χ1) is 8.71. The van der Waals surface area contributed by atoms with Crippen LogP contribution in [-0.4, -0.2) is 22.2 Å². The number of aryl methyl sites for hydroxylation is 1. The molecule has 0 heterocycles. The second-order valence-corrected chi connectivity index (χ2v) is 5.71. The second-order valence-electron chi connectivity index (χ2n) is 5.71. The molecule has 0 aliphatic heterocycles. The van der Waals surface area contributed by atoms with E-state index in [9.17, 15) is 15.2 Å². The van der Waals surface area contributed by atoms with Gasteiger partial charge in [0.15, 0.2) is 0 Å². The number of anilines is 1. The normalized spacial score (nSPS) is 14.2. The minimum Gasteiger partial charge on any atom is -0.388 e. The number of nitrogens with one attached hydrogen (secondary N) is 1. The fourth-order valence-corrected chi connectivity index (χ4v) is 2.21. The number of rotatable bonds is 6. The molecule has 0 spiro atoms. The number of hydrogen-bond donors (Lipinski definition) is 2. The van der Waals surface area contributed by atoms with Crippen molar-refractivity contribution in [2.24, 2.45) is 5.92 Å². The van der Waals surface area contributed by atoms with Crippen LogP contribution >= 0.6 is 0 Å². The van der Waals surface area contributed by atoms with Gasteiger partial charge in [0.2, 0.25) is 0 Å². The number of benzene rings is 1. The molecule has 19 heavy (non-hydrogen) atoms. The van der Waals surface area contributed by atoms with Crippen LogP contribution in [-0.2, 0) is 0 Å². The van der Waals surface area contributed by atoms with Gasteiger partial charge >= 0.3 is 0 Å². The van der Waals surface area contributed by atoms with E-state index in [1.54, 1.807) is 26.0 Å². The SMILES string of the molecule is Cc1cc(NCC(C)(O)CC(C)C)ccc1[N+](=O)[O-]. The zero-order valence-corrected chi connectivity index (χ0v) is 11.9. The number of nitro benzene ring substituents is 1. The quantitative estimate of drug-likeness (QED) is 0.612. The summed E-state index contributed by atoms with van der Waals surface area (Å²) in [5, 5.41) is 24.0. The highest BCUT2D eigenvalue weighted by atomic mass is 16.6. The minimum atomic E-state index is -0.788. The lowest BCUT2D eigenvalue weighted by Crippen LogP contribution is -2.34. The first-order valence-corrected chi connectivity index (χ1v) is 6.42. The number of aliphatic hydroxyl groups is 1. The molecule has 0 fully saturated rings. The Labute approximate surface area is 113 Å². The Kier molecular flexibility index (Phi) is 4.89. The fraction of sp³-hybridized carbons (Fsp3) is 0.571. The molecule has 1 atom stereocenters. The molecule has 0 bridgehead atoms. The molecule has 0 saturated carbocycles. The maximum absolute atomic E-state index is 10.7. The van der Waals surface area contributed by atoms with Crippen molar-refractivity contribution in [1.29, 1.82) is 0 Å². The van der Waals surface area contributed by atoms with E-state index in [4.69, 9.17) is 0 Å².